The Morgan fingerprint density at radius 3 is 2.40 bits per heavy atom. The van der Waals surface area contributed by atoms with Crippen molar-refractivity contribution in [2.75, 3.05) is 21.3 Å². The van der Waals surface area contributed by atoms with Crippen molar-refractivity contribution < 1.29 is 19.0 Å². The largest absolute Gasteiger partial charge is 0.493 e. The van der Waals surface area contributed by atoms with E-state index in [1.807, 2.05) is 0 Å². The van der Waals surface area contributed by atoms with Crippen LogP contribution in [0.25, 0.3) is 0 Å². The van der Waals surface area contributed by atoms with E-state index >= 15 is 0 Å². The Hall–Kier alpha value is -2.70. The minimum Gasteiger partial charge on any atom is -0.493 e. The third kappa shape index (κ3) is 3.55. The lowest BCUT2D eigenvalue weighted by Gasteiger charge is -2.13. The van der Waals surface area contributed by atoms with Crippen molar-refractivity contribution in [3.8, 4) is 17.2 Å². The molecule has 1 amide bonds. The van der Waals surface area contributed by atoms with Crippen molar-refractivity contribution in [1.82, 2.24) is 15.3 Å². The van der Waals surface area contributed by atoms with Crippen LogP contribution in [0.1, 0.15) is 40.4 Å². The molecule has 1 aliphatic rings. The van der Waals surface area contributed by atoms with E-state index in [1.54, 1.807) is 12.1 Å². The lowest BCUT2D eigenvalue weighted by atomic mass is 10.0. The molecule has 1 aromatic heterocycles. The highest BCUT2D eigenvalue weighted by molar-refractivity contribution is 5.95. The number of methoxy groups -OCH3 is 3. The number of hydrogen-bond donors (Lipinski definition) is 2. The number of fused-ring (bicyclic) bond motifs is 1. The number of imidazole rings is 1. The Bertz CT molecular complexity index is 721. The highest BCUT2D eigenvalue weighted by Crippen LogP contribution is 2.38. The van der Waals surface area contributed by atoms with Crippen LogP contribution in [0.5, 0.6) is 17.2 Å². The lowest BCUT2D eigenvalue weighted by molar-refractivity contribution is 0.0949. The fourth-order valence-corrected chi connectivity index (χ4v) is 3.07. The third-order valence-corrected chi connectivity index (χ3v) is 4.35. The average Bonchev–Trinajstić information content (AvgIpc) is 3.07. The van der Waals surface area contributed by atoms with Crippen molar-refractivity contribution in [2.45, 2.75) is 32.2 Å². The highest BCUT2D eigenvalue weighted by atomic mass is 16.5. The van der Waals surface area contributed by atoms with E-state index in [9.17, 15) is 4.79 Å². The molecule has 0 saturated heterocycles. The van der Waals surface area contributed by atoms with Gasteiger partial charge in [-0.1, -0.05) is 0 Å². The van der Waals surface area contributed by atoms with Crippen molar-refractivity contribution >= 4 is 5.91 Å². The Morgan fingerprint density at radius 2 is 1.80 bits per heavy atom. The summed E-state index contributed by atoms with van der Waals surface area (Å²) in [4.78, 5) is 20.4. The molecule has 0 aliphatic heterocycles. The number of hydrogen-bond acceptors (Lipinski definition) is 5. The summed E-state index contributed by atoms with van der Waals surface area (Å²) in [6, 6.07) is 3.26. The maximum atomic E-state index is 12.5. The Balaban J connectivity index is 1.73. The molecule has 0 radical (unpaired) electrons. The molecule has 0 fully saturated rings. The van der Waals surface area contributed by atoms with Crippen LogP contribution in [-0.4, -0.2) is 37.2 Å². The second kappa shape index (κ2) is 7.46. The predicted molar refractivity (Wildman–Crippen MR) is 92.5 cm³/mol. The molecule has 1 aliphatic carbocycles. The van der Waals surface area contributed by atoms with Crippen LogP contribution < -0.4 is 19.5 Å². The highest BCUT2D eigenvalue weighted by Gasteiger charge is 2.18. The first-order valence-electron chi connectivity index (χ1n) is 8.31. The summed E-state index contributed by atoms with van der Waals surface area (Å²) < 4.78 is 15.8. The molecule has 0 unspecified atom stereocenters. The number of carbonyl (C=O) groups is 1. The van der Waals surface area contributed by atoms with Gasteiger partial charge in [-0.2, -0.15) is 0 Å². The van der Waals surface area contributed by atoms with Gasteiger partial charge in [-0.15, -0.1) is 0 Å². The van der Waals surface area contributed by atoms with Gasteiger partial charge in [0.15, 0.2) is 11.5 Å². The molecule has 0 bridgehead atoms. The van der Waals surface area contributed by atoms with Crippen LogP contribution in [0.4, 0.5) is 0 Å². The number of aromatic nitrogens is 2. The molecule has 7 nitrogen and oxygen atoms in total. The van der Waals surface area contributed by atoms with Crippen LogP contribution in [0, 0.1) is 0 Å². The van der Waals surface area contributed by atoms with E-state index in [2.05, 4.69) is 15.3 Å². The van der Waals surface area contributed by atoms with Crippen LogP contribution in [0.3, 0.4) is 0 Å². The summed E-state index contributed by atoms with van der Waals surface area (Å²) in [5.74, 6) is 1.91. The maximum Gasteiger partial charge on any atom is 0.251 e. The quantitative estimate of drug-likeness (QED) is 0.839. The minimum absolute atomic E-state index is 0.228. The van der Waals surface area contributed by atoms with Gasteiger partial charge < -0.3 is 24.5 Å². The zero-order valence-corrected chi connectivity index (χ0v) is 14.8. The number of nitrogens with one attached hydrogen (secondary N) is 2. The van der Waals surface area contributed by atoms with Gasteiger partial charge in [-0.25, -0.2) is 4.98 Å². The van der Waals surface area contributed by atoms with Gasteiger partial charge >= 0.3 is 0 Å². The summed E-state index contributed by atoms with van der Waals surface area (Å²) in [7, 11) is 4.57. The molecule has 25 heavy (non-hydrogen) atoms. The number of aryl methyl sites for hydroxylation is 2. The monoisotopic (exact) mass is 345 g/mol. The topological polar surface area (TPSA) is 85.5 Å². The maximum absolute atomic E-state index is 12.5. The second-order valence-corrected chi connectivity index (χ2v) is 5.91. The van der Waals surface area contributed by atoms with Gasteiger partial charge in [0, 0.05) is 11.3 Å². The Labute approximate surface area is 146 Å². The number of rotatable bonds is 6. The molecule has 1 heterocycles. The second-order valence-electron chi connectivity index (χ2n) is 5.91. The molecule has 134 valence electrons. The Kier molecular flexibility index (Phi) is 5.11. The number of ether oxygens (including phenoxy) is 3. The zero-order chi connectivity index (χ0) is 17.8. The number of nitrogens with zero attached hydrogens (tertiary/aromatic N) is 1. The van der Waals surface area contributed by atoms with Crippen molar-refractivity contribution in [1.29, 1.82) is 0 Å². The number of H-pyrrole nitrogens is 1. The van der Waals surface area contributed by atoms with E-state index in [1.165, 1.54) is 39.9 Å². The smallest absolute Gasteiger partial charge is 0.251 e. The zero-order valence-electron chi connectivity index (χ0n) is 14.8. The molecule has 0 saturated carbocycles. The van der Waals surface area contributed by atoms with Crippen LogP contribution in [0.2, 0.25) is 0 Å². The molecule has 1 aromatic carbocycles. The van der Waals surface area contributed by atoms with Crippen molar-refractivity contribution in [2.24, 2.45) is 0 Å². The number of aromatic amines is 1. The van der Waals surface area contributed by atoms with Crippen LogP contribution in [0.15, 0.2) is 12.1 Å². The molecule has 2 N–H and O–H groups in total. The standard InChI is InChI=1S/C18H23N3O4/c1-23-14-8-11(9-15(24-2)17(14)25-3)18(22)19-10-16-20-12-6-4-5-7-13(12)21-16/h8-9H,4-7,10H2,1-3H3,(H,19,22)(H,20,21). The molecule has 0 spiro atoms. The fraction of sp³-hybridized carbons (Fsp3) is 0.444. The van der Waals surface area contributed by atoms with Gasteiger partial charge in [-0.05, 0) is 37.8 Å². The predicted octanol–water partition coefficient (Wildman–Crippen LogP) is 2.24. The van der Waals surface area contributed by atoms with Crippen LogP contribution >= 0.6 is 0 Å². The summed E-state index contributed by atoms with van der Waals surface area (Å²) in [5.41, 5.74) is 2.76. The molecule has 0 atom stereocenters. The average molecular weight is 345 g/mol. The molecule has 3 rings (SSSR count). The van der Waals surface area contributed by atoms with E-state index in [0.29, 0.717) is 29.4 Å². The summed E-state index contributed by atoms with van der Waals surface area (Å²) in [6.45, 7) is 0.350. The minimum atomic E-state index is -0.228. The van der Waals surface area contributed by atoms with Crippen LogP contribution in [-0.2, 0) is 19.4 Å². The van der Waals surface area contributed by atoms with E-state index in [0.717, 1.165) is 24.4 Å². The number of benzene rings is 1. The third-order valence-electron chi connectivity index (χ3n) is 4.35. The fourth-order valence-electron chi connectivity index (χ4n) is 3.07. The first-order chi connectivity index (χ1) is 12.2. The molecular formula is C18H23N3O4. The number of amides is 1. The SMILES string of the molecule is COc1cc(C(=O)NCc2nc3c([nH]2)CCCC3)cc(OC)c1OC. The Morgan fingerprint density at radius 1 is 1.12 bits per heavy atom. The molecule has 7 heteroatoms. The number of carbonyl (C=O) groups excluding carboxylic acids is 1. The first-order valence-corrected chi connectivity index (χ1v) is 8.31. The summed E-state index contributed by atoms with van der Waals surface area (Å²) in [6.07, 6.45) is 4.40. The van der Waals surface area contributed by atoms with Gasteiger partial charge in [0.2, 0.25) is 5.75 Å². The van der Waals surface area contributed by atoms with Gasteiger partial charge in [0.05, 0.1) is 33.6 Å². The van der Waals surface area contributed by atoms with E-state index in [4.69, 9.17) is 14.2 Å². The molecular weight excluding hydrogens is 322 g/mol. The lowest BCUT2D eigenvalue weighted by Crippen LogP contribution is -2.23. The van der Waals surface area contributed by atoms with Crippen molar-refractivity contribution in [3.63, 3.8) is 0 Å². The van der Waals surface area contributed by atoms with E-state index < -0.39 is 0 Å². The van der Waals surface area contributed by atoms with Gasteiger partial charge in [-0.3, -0.25) is 4.79 Å². The normalized spacial score (nSPS) is 13.1. The van der Waals surface area contributed by atoms with E-state index in [-0.39, 0.29) is 5.91 Å². The summed E-state index contributed by atoms with van der Waals surface area (Å²) >= 11 is 0. The van der Waals surface area contributed by atoms with Crippen molar-refractivity contribution in [3.05, 3.63) is 34.9 Å². The van der Waals surface area contributed by atoms with Gasteiger partial charge in [0.1, 0.15) is 5.82 Å². The summed E-state index contributed by atoms with van der Waals surface area (Å²) in [5, 5.41) is 2.88. The van der Waals surface area contributed by atoms with Gasteiger partial charge in [0.25, 0.3) is 5.91 Å². The molecule has 2 aromatic rings. The first kappa shape index (κ1) is 17.1.